The highest BCUT2D eigenvalue weighted by molar-refractivity contribution is 5.94. The maximum absolute atomic E-state index is 13.5. The molecule has 1 amide bonds. The van der Waals surface area contributed by atoms with E-state index in [1.54, 1.807) is 0 Å². The zero-order valence-electron chi connectivity index (χ0n) is 26.3. The third-order valence-electron chi connectivity index (χ3n) is 8.61. The number of nitrogens with zero attached hydrogens (tertiary/aromatic N) is 4. The van der Waals surface area contributed by atoms with Crippen molar-refractivity contribution in [1.82, 2.24) is 14.8 Å². The maximum atomic E-state index is 13.5. The number of aromatic amines is 1. The number of carbonyl (C=O) groups excluding carboxylic acids is 1. The Hall–Kier alpha value is -3.63. The Bertz CT molecular complexity index is 1430. The number of likely N-dealkylation sites (N-methyl/N-ethyl adjacent to an activating group) is 1. The SMILES string of the molecule is CCN(CC)C(=O)C(C)(C)c1ccc2[nH]c(-c3cc(C)cc(C)c3)c(CCCCCC(=NC#N)N3CCOCC3)c2c1. The van der Waals surface area contributed by atoms with E-state index in [-0.39, 0.29) is 5.91 Å². The van der Waals surface area contributed by atoms with Crippen LogP contribution in [0.3, 0.4) is 0 Å². The van der Waals surface area contributed by atoms with Crippen molar-refractivity contribution in [1.29, 1.82) is 5.26 Å². The molecule has 7 nitrogen and oxygen atoms in total. The first-order valence-corrected chi connectivity index (χ1v) is 15.5. The molecule has 0 atom stereocenters. The number of aromatic nitrogens is 1. The molecule has 2 heterocycles. The van der Waals surface area contributed by atoms with Crippen molar-refractivity contribution >= 4 is 22.6 Å². The van der Waals surface area contributed by atoms with Gasteiger partial charge in [0.05, 0.1) is 18.6 Å². The first kappa shape index (κ1) is 31.3. The fraction of sp³-hybridized carbons (Fsp3) is 0.514. The van der Waals surface area contributed by atoms with Gasteiger partial charge in [0.15, 0.2) is 0 Å². The zero-order chi connectivity index (χ0) is 30.3. The number of rotatable bonds is 11. The summed E-state index contributed by atoms with van der Waals surface area (Å²) in [5.74, 6) is 1.04. The molecule has 3 aromatic rings. The molecule has 0 unspecified atom stereocenters. The molecule has 0 bridgehead atoms. The van der Waals surface area contributed by atoms with Gasteiger partial charge in [-0.25, -0.2) is 0 Å². The number of H-pyrrole nitrogens is 1. The molecular weight excluding hydrogens is 522 g/mol. The van der Waals surface area contributed by atoms with Gasteiger partial charge in [0.1, 0.15) is 5.84 Å². The standard InChI is InChI=1S/C35H47N5O2/c1-7-39(8-2)34(41)35(5,6)28-14-15-31-30(23-28)29(33(38-31)27-21-25(3)20-26(4)22-27)12-10-9-11-13-32(37-24-36)40-16-18-42-19-17-40/h14-15,20-23,38H,7-13,16-19H2,1-6H3. The van der Waals surface area contributed by atoms with Crippen LogP contribution in [0.15, 0.2) is 41.4 Å². The third-order valence-corrected chi connectivity index (χ3v) is 8.61. The summed E-state index contributed by atoms with van der Waals surface area (Å²) in [5.41, 5.74) is 7.69. The Kier molecular flexibility index (Phi) is 10.5. The minimum absolute atomic E-state index is 0.161. The molecule has 1 N–H and O–H groups in total. The van der Waals surface area contributed by atoms with Gasteiger partial charge in [-0.15, -0.1) is 0 Å². The number of unbranched alkanes of at least 4 members (excludes halogenated alkanes) is 2. The Morgan fingerprint density at radius 1 is 1.05 bits per heavy atom. The van der Waals surface area contributed by atoms with E-state index in [0.29, 0.717) is 26.3 Å². The number of amidine groups is 1. The van der Waals surface area contributed by atoms with Crippen molar-refractivity contribution in [3.63, 3.8) is 0 Å². The van der Waals surface area contributed by atoms with Crippen molar-refractivity contribution in [3.8, 4) is 17.5 Å². The number of hydrogen-bond acceptors (Lipinski definition) is 4. The van der Waals surface area contributed by atoms with Gasteiger partial charge in [-0.2, -0.15) is 10.3 Å². The van der Waals surface area contributed by atoms with Gasteiger partial charge < -0.3 is 19.5 Å². The van der Waals surface area contributed by atoms with E-state index in [1.165, 1.54) is 33.3 Å². The average Bonchev–Trinajstić information content (AvgIpc) is 3.35. The molecule has 0 spiro atoms. The fourth-order valence-corrected chi connectivity index (χ4v) is 6.22. The first-order chi connectivity index (χ1) is 20.2. The highest BCUT2D eigenvalue weighted by atomic mass is 16.5. The molecule has 0 saturated carbocycles. The number of hydrogen-bond donors (Lipinski definition) is 1. The van der Waals surface area contributed by atoms with Crippen LogP contribution < -0.4 is 0 Å². The predicted octanol–water partition coefficient (Wildman–Crippen LogP) is 6.91. The minimum Gasteiger partial charge on any atom is -0.378 e. The average molecular weight is 570 g/mol. The van der Waals surface area contributed by atoms with Crippen LogP contribution in [0, 0.1) is 25.3 Å². The topological polar surface area (TPSA) is 84.7 Å². The molecule has 7 heteroatoms. The summed E-state index contributed by atoms with van der Waals surface area (Å²) in [6.45, 7) is 16.8. The van der Waals surface area contributed by atoms with Crippen molar-refractivity contribution in [2.24, 2.45) is 4.99 Å². The van der Waals surface area contributed by atoms with Crippen molar-refractivity contribution < 1.29 is 9.53 Å². The summed E-state index contributed by atoms with van der Waals surface area (Å²) in [6, 6.07) is 13.2. The lowest BCUT2D eigenvalue weighted by Gasteiger charge is -2.31. The van der Waals surface area contributed by atoms with Crippen molar-refractivity contribution in [2.45, 2.75) is 79.1 Å². The van der Waals surface area contributed by atoms with Gasteiger partial charge in [0.25, 0.3) is 0 Å². The van der Waals surface area contributed by atoms with Crippen LogP contribution in [0.2, 0.25) is 0 Å². The van der Waals surface area contributed by atoms with Crippen molar-refractivity contribution in [3.05, 3.63) is 58.7 Å². The summed E-state index contributed by atoms with van der Waals surface area (Å²) >= 11 is 0. The second-order valence-electron chi connectivity index (χ2n) is 12.0. The quantitative estimate of drug-likeness (QED) is 0.118. The molecule has 0 aliphatic carbocycles. The number of ether oxygens (including phenoxy) is 1. The lowest BCUT2D eigenvalue weighted by molar-refractivity contribution is -0.135. The number of fused-ring (bicyclic) bond motifs is 1. The molecule has 4 rings (SSSR count). The Morgan fingerprint density at radius 2 is 1.74 bits per heavy atom. The number of morpholine rings is 1. The van der Waals surface area contributed by atoms with Gasteiger partial charge in [0.2, 0.25) is 12.1 Å². The summed E-state index contributed by atoms with van der Waals surface area (Å²) in [6.07, 6.45) is 6.78. The number of carbonyl (C=O) groups is 1. The summed E-state index contributed by atoms with van der Waals surface area (Å²) in [4.78, 5) is 25.5. The van der Waals surface area contributed by atoms with E-state index in [0.717, 1.165) is 62.1 Å². The second-order valence-corrected chi connectivity index (χ2v) is 12.0. The van der Waals surface area contributed by atoms with Crippen LogP contribution in [-0.2, 0) is 21.4 Å². The molecule has 0 radical (unpaired) electrons. The lowest BCUT2D eigenvalue weighted by atomic mass is 9.82. The Balaban J connectivity index is 1.61. The minimum atomic E-state index is -0.620. The maximum Gasteiger partial charge on any atom is 0.232 e. The number of amides is 1. The molecule has 2 aromatic carbocycles. The van der Waals surface area contributed by atoms with Crippen LogP contribution in [0.4, 0.5) is 0 Å². The first-order valence-electron chi connectivity index (χ1n) is 15.5. The van der Waals surface area contributed by atoms with E-state index in [4.69, 9.17) is 4.74 Å². The summed E-state index contributed by atoms with van der Waals surface area (Å²) in [5, 5.41) is 10.4. The Morgan fingerprint density at radius 3 is 2.38 bits per heavy atom. The summed E-state index contributed by atoms with van der Waals surface area (Å²) in [7, 11) is 0. The van der Waals surface area contributed by atoms with Gasteiger partial charge in [-0.1, -0.05) is 29.7 Å². The monoisotopic (exact) mass is 569 g/mol. The van der Waals surface area contributed by atoms with Crippen molar-refractivity contribution in [2.75, 3.05) is 39.4 Å². The largest absolute Gasteiger partial charge is 0.378 e. The molecule has 1 saturated heterocycles. The molecule has 224 valence electrons. The number of benzene rings is 2. The van der Waals surface area contributed by atoms with Crippen LogP contribution in [0.5, 0.6) is 0 Å². The number of nitriles is 1. The normalized spacial score (nSPS) is 14.3. The highest BCUT2D eigenvalue weighted by Crippen LogP contribution is 2.36. The summed E-state index contributed by atoms with van der Waals surface area (Å²) < 4.78 is 5.47. The van der Waals surface area contributed by atoms with Gasteiger partial charge in [-0.05, 0) is 102 Å². The number of aryl methyl sites for hydroxylation is 3. The highest BCUT2D eigenvalue weighted by Gasteiger charge is 2.33. The van der Waals surface area contributed by atoms with Crippen LogP contribution in [0.25, 0.3) is 22.2 Å². The molecule has 1 aromatic heterocycles. The van der Waals surface area contributed by atoms with Gasteiger partial charge in [0, 0.05) is 49.2 Å². The molecule has 42 heavy (non-hydrogen) atoms. The lowest BCUT2D eigenvalue weighted by Crippen LogP contribution is -2.43. The zero-order valence-corrected chi connectivity index (χ0v) is 26.3. The number of aliphatic imine (C=N–C) groups is 1. The molecular formula is C35H47N5O2. The Labute approximate surface area is 251 Å². The molecule has 1 aliphatic rings. The van der Waals surface area contributed by atoms with Gasteiger partial charge >= 0.3 is 0 Å². The van der Waals surface area contributed by atoms with Crippen LogP contribution in [0.1, 0.15) is 75.6 Å². The van der Waals surface area contributed by atoms with Crippen LogP contribution in [-0.4, -0.2) is 65.9 Å². The second kappa shape index (κ2) is 14.0. The molecule has 1 aliphatic heterocycles. The van der Waals surface area contributed by atoms with Gasteiger partial charge in [-0.3, -0.25) is 4.79 Å². The van der Waals surface area contributed by atoms with E-state index >= 15 is 0 Å². The third kappa shape index (κ3) is 7.04. The van der Waals surface area contributed by atoms with Crippen LogP contribution >= 0.6 is 0 Å². The van der Waals surface area contributed by atoms with E-state index in [1.807, 2.05) is 38.8 Å². The van der Waals surface area contributed by atoms with E-state index in [2.05, 4.69) is 65.1 Å². The predicted molar refractivity (Wildman–Crippen MR) is 172 cm³/mol. The number of nitrogens with one attached hydrogen (secondary N) is 1. The fourth-order valence-electron chi connectivity index (χ4n) is 6.22. The smallest absolute Gasteiger partial charge is 0.232 e. The van der Waals surface area contributed by atoms with E-state index < -0.39 is 5.41 Å². The van der Waals surface area contributed by atoms with E-state index in [9.17, 15) is 10.1 Å². The molecule has 1 fully saturated rings.